The molecular weight excluding hydrogens is 396 g/mol. The lowest BCUT2D eigenvalue weighted by Gasteiger charge is -2.12. The SMILES string of the molecule is CCn1c(SCC(=O)Nc2ccc(NC(C)=O)cc2)nc2c(c1=O)SC(C)C2. The topological polar surface area (TPSA) is 93.1 Å². The summed E-state index contributed by atoms with van der Waals surface area (Å²) in [5.41, 5.74) is 2.13. The van der Waals surface area contributed by atoms with Crippen LogP contribution in [0.15, 0.2) is 39.1 Å². The Balaban J connectivity index is 1.65. The largest absolute Gasteiger partial charge is 0.326 e. The molecule has 0 aliphatic carbocycles. The third-order valence-corrected chi connectivity index (χ3v) is 6.29. The molecule has 9 heteroatoms. The first-order valence-corrected chi connectivity index (χ1v) is 10.8. The van der Waals surface area contributed by atoms with E-state index in [9.17, 15) is 14.4 Å². The van der Waals surface area contributed by atoms with E-state index in [1.54, 1.807) is 40.6 Å². The van der Waals surface area contributed by atoms with E-state index in [1.165, 1.54) is 18.7 Å². The van der Waals surface area contributed by atoms with E-state index in [4.69, 9.17) is 0 Å². The number of aromatic nitrogens is 2. The Kier molecular flexibility index (Phi) is 6.46. The lowest BCUT2D eigenvalue weighted by atomic mass is 10.2. The summed E-state index contributed by atoms with van der Waals surface area (Å²) in [6.45, 7) is 5.94. The number of benzene rings is 1. The van der Waals surface area contributed by atoms with Gasteiger partial charge in [0.15, 0.2) is 5.16 Å². The number of rotatable bonds is 6. The number of hydrogen-bond acceptors (Lipinski definition) is 6. The van der Waals surface area contributed by atoms with Crippen molar-refractivity contribution in [3.63, 3.8) is 0 Å². The monoisotopic (exact) mass is 418 g/mol. The average Bonchev–Trinajstić information content (AvgIpc) is 3.02. The van der Waals surface area contributed by atoms with Crippen molar-refractivity contribution in [1.82, 2.24) is 9.55 Å². The van der Waals surface area contributed by atoms with Crippen molar-refractivity contribution in [2.75, 3.05) is 16.4 Å². The molecule has 1 atom stereocenters. The maximum absolute atomic E-state index is 12.7. The molecule has 0 radical (unpaired) electrons. The summed E-state index contributed by atoms with van der Waals surface area (Å²) in [4.78, 5) is 41.4. The Morgan fingerprint density at radius 2 is 1.89 bits per heavy atom. The fourth-order valence-corrected chi connectivity index (χ4v) is 4.88. The zero-order chi connectivity index (χ0) is 20.3. The number of thioether (sulfide) groups is 2. The quantitative estimate of drug-likeness (QED) is 0.553. The second-order valence-corrected chi connectivity index (χ2v) is 8.84. The summed E-state index contributed by atoms with van der Waals surface area (Å²) in [6.07, 6.45) is 0.778. The van der Waals surface area contributed by atoms with Gasteiger partial charge in [-0.05, 0) is 31.2 Å². The summed E-state index contributed by atoms with van der Waals surface area (Å²) < 4.78 is 1.63. The van der Waals surface area contributed by atoms with Crippen LogP contribution in [-0.4, -0.2) is 32.4 Å². The van der Waals surface area contributed by atoms with E-state index in [1.807, 2.05) is 6.92 Å². The highest BCUT2D eigenvalue weighted by atomic mass is 32.2. The molecule has 0 bridgehead atoms. The van der Waals surface area contributed by atoms with Gasteiger partial charge in [-0.15, -0.1) is 11.8 Å². The van der Waals surface area contributed by atoms with E-state index < -0.39 is 0 Å². The highest BCUT2D eigenvalue weighted by Crippen LogP contribution is 2.34. The van der Waals surface area contributed by atoms with Crippen molar-refractivity contribution >= 4 is 46.7 Å². The van der Waals surface area contributed by atoms with Gasteiger partial charge < -0.3 is 10.6 Å². The molecule has 0 saturated heterocycles. The Bertz CT molecular complexity index is 957. The molecule has 2 N–H and O–H groups in total. The Labute approximate surface area is 171 Å². The van der Waals surface area contributed by atoms with Crippen LogP contribution in [0, 0.1) is 0 Å². The molecule has 1 unspecified atom stereocenters. The van der Waals surface area contributed by atoms with Crippen LogP contribution >= 0.6 is 23.5 Å². The maximum atomic E-state index is 12.7. The van der Waals surface area contributed by atoms with Gasteiger partial charge in [-0.2, -0.15) is 0 Å². The van der Waals surface area contributed by atoms with Gasteiger partial charge in [-0.3, -0.25) is 19.0 Å². The number of anilines is 2. The average molecular weight is 419 g/mol. The second kappa shape index (κ2) is 8.83. The van der Waals surface area contributed by atoms with Crippen molar-refractivity contribution in [1.29, 1.82) is 0 Å². The van der Waals surface area contributed by atoms with Crippen LogP contribution in [0.1, 0.15) is 26.5 Å². The molecule has 0 fully saturated rings. The van der Waals surface area contributed by atoms with Gasteiger partial charge in [0.25, 0.3) is 5.56 Å². The lowest BCUT2D eigenvalue weighted by molar-refractivity contribution is -0.114. The highest BCUT2D eigenvalue weighted by Gasteiger charge is 2.26. The van der Waals surface area contributed by atoms with E-state index >= 15 is 0 Å². The highest BCUT2D eigenvalue weighted by molar-refractivity contribution is 8.00. The molecule has 1 aliphatic heterocycles. The van der Waals surface area contributed by atoms with Gasteiger partial charge in [0, 0.05) is 36.5 Å². The molecule has 0 spiro atoms. The first-order chi connectivity index (χ1) is 13.4. The van der Waals surface area contributed by atoms with Crippen molar-refractivity contribution in [2.24, 2.45) is 0 Å². The van der Waals surface area contributed by atoms with Gasteiger partial charge >= 0.3 is 0 Å². The van der Waals surface area contributed by atoms with Crippen molar-refractivity contribution in [3.8, 4) is 0 Å². The van der Waals surface area contributed by atoms with E-state index in [2.05, 4.69) is 22.5 Å². The van der Waals surface area contributed by atoms with Gasteiger partial charge in [-0.25, -0.2) is 4.98 Å². The Morgan fingerprint density at radius 1 is 1.25 bits per heavy atom. The van der Waals surface area contributed by atoms with Crippen LogP contribution < -0.4 is 16.2 Å². The van der Waals surface area contributed by atoms with Crippen molar-refractivity contribution in [2.45, 2.75) is 49.0 Å². The first kappa shape index (κ1) is 20.5. The lowest BCUT2D eigenvalue weighted by Crippen LogP contribution is -2.25. The van der Waals surface area contributed by atoms with Crippen LogP contribution in [0.2, 0.25) is 0 Å². The number of nitrogens with zero attached hydrogens (tertiary/aromatic N) is 2. The number of carbonyl (C=O) groups excluding carboxylic acids is 2. The third kappa shape index (κ3) is 4.77. The minimum absolute atomic E-state index is 0.0154. The fraction of sp³-hybridized carbons (Fsp3) is 0.368. The summed E-state index contributed by atoms with van der Waals surface area (Å²) in [7, 11) is 0. The summed E-state index contributed by atoms with van der Waals surface area (Å²) in [6, 6.07) is 6.89. The van der Waals surface area contributed by atoms with Crippen LogP contribution in [0.4, 0.5) is 11.4 Å². The smallest absolute Gasteiger partial charge is 0.268 e. The van der Waals surface area contributed by atoms with E-state index in [-0.39, 0.29) is 23.1 Å². The second-order valence-electron chi connectivity index (χ2n) is 6.45. The predicted octanol–water partition coefficient (Wildman–Crippen LogP) is 2.99. The van der Waals surface area contributed by atoms with Crippen LogP contribution in [0.3, 0.4) is 0 Å². The molecule has 3 rings (SSSR count). The zero-order valence-electron chi connectivity index (χ0n) is 15.9. The number of amides is 2. The fourth-order valence-electron chi connectivity index (χ4n) is 2.89. The number of carbonyl (C=O) groups is 2. The molecule has 1 aromatic carbocycles. The van der Waals surface area contributed by atoms with E-state index in [0.717, 1.165) is 17.0 Å². The maximum Gasteiger partial charge on any atom is 0.268 e. The van der Waals surface area contributed by atoms with Crippen LogP contribution in [0.25, 0.3) is 0 Å². The molecule has 1 aromatic heterocycles. The Morgan fingerprint density at radius 3 is 2.50 bits per heavy atom. The minimum atomic E-state index is -0.183. The normalized spacial score (nSPS) is 15.2. The summed E-state index contributed by atoms with van der Waals surface area (Å²) in [5, 5.41) is 6.42. The number of hydrogen-bond donors (Lipinski definition) is 2. The molecule has 2 aromatic rings. The molecule has 2 amide bonds. The van der Waals surface area contributed by atoms with Gasteiger partial charge in [0.05, 0.1) is 16.3 Å². The van der Waals surface area contributed by atoms with Crippen LogP contribution in [-0.2, 0) is 22.6 Å². The molecule has 148 valence electrons. The molecular formula is C19H22N4O3S2. The van der Waals surface area contributed by atoms with Crippen LogP contribution in [0.5, 0.6) is 0 Å². The Hall–Kier alpha value is -2.26. The molecule has 2 heterocycles. The molecule has 28 heavy (non-hydrogen) atoms. The first-order valence-electron chi connectivity index (χ1n) is 8.98. The molecule has 0 saturated carbocycles. The predicted molar refractivity (Wildman–Crippen MR) is 113 cm³/mol. The zero-order valence-corrected chi connectivity index (χ0v) is 17.6. The standard InChI is InChI=1S/C19H22N4O3S2/c1-4-23-18(26)17-15(9-11(2)28-17)22-19(23)27-10-16(25)21-14-7-5-13(6-8-14)20-12(3)24/h5-8,11H,4,9-10H2,1-3H3,(H,20,24)(H,21,25). The number of nitrogens with one attached hydrogen (secondary N) is 2. The third-order valence-electron chi connectivity index (χ3n) is 4.10. The minimum Gasteiger partial charge on any atom is -0.326 e. The summed E-state index contributed by atoms with van der Waals surface area (Å²) >= 11 is 2.84. The van der Waals surface area contributed by atoms with Gasteiger partial charge in [-0.1, -0.05) is 18.7 Å². The van der Waals surface area contributed by atoms with Crippen molar-refractivity contribution in [3.05, 3.63) is 40.3 Å². The van der Waals surface area contributed by atoms with Gasteiger partial charge in [0.2, 0.25) is 11.8 Å². The summed E-state index contributed by atoms with van der Waals surface area (Å²) in [5.74, 6) is -0.177. The van der Waals surface area contributed by atoms with Gasteiger partial charge in [0.1, 0.15) is 0 Å². The molecule has 7 nitrogen and oxygen atoms in total. The van der Waals surface area contributed by atoms with E-state index in [0.29, 0.717) is 28.3 Å². The molecule has 1 aliphatic rings. The van der Waals surface area contributed by atoms with Crippen molar-refractivity contribution < 1.29 is 9.59 Å². The number of fused-ring (bicyclic) bond motifs is 1.